The van der Waals surface area contributed by atoms with E-state index in [1.54, 1.807) is 18.2 Å². The average Bonchev–Trinajstić information content (AvgIpc) is 2.54. The van der Waals surface area contributed by atoms with Gasteiger partial charge in [-0.25, -0.2) is 4.79 Å². The van der Waals surface area contributed by atoms with Gasteiger partial charge in [0, 0.05) is 12.5 Å². The molecule has 1 N–H and O–H groups in total. The standard InChI is InChI=1S/C19H22O3/c1-13(2)18-11-16(9-10-17(18)14(3)12-20)22-19(21)15-7-5-4-6-8-15/h4-11,13-14,20H,12H2,1-3H3. The SMILES string of the molecule is CC(C)c1cc(OC(=O)c2ccccc2)ccc1C(C)CO. The van der Waals surface area contributed by atoms with Gasteiger partial charge in [0.25, 0.3) is 0 Å². The van der Waals surface area contributed by atoms with Gasteiger partial charge >= 0.3 is 5.97 Å². The van der Waals surface area contributed by atoms with Gasteiger partial charge in [-0.1, -0.05) is 45.0 Å². The summed E-state index contributed by atoms with van der Waals surface area (Å²) in [5.74, 6) is 0.528. The Morgan fingerprint density at radius 3 is 2.32 bits per heavy atom. The number of benzene rings is 2. The van der Waals surface area contributed by atoms with E-state index in [9.17, 15) is 9.90 Å². The molecule has 2 rings (SSSR count). The van der Waals surface area contributed by atoms with E-state index in [4.69, 9.17) is 4.74 Å². The summed E-state index contributed by atoms with van der Waals surface area (Å²) >= 11 is 0. The molecule has 0 spiro atoms. The maximum absolute atomic E-state index is 12.1. The molecule has 0 fully saturated rings. The van der Waals surface area contributed by atoms with Crippen LogP contribution in [0.5, 0.6) is 5.75 Å². The van der Waals surface area contributed by atoms with Crippen molar-refractivity contribution in [2.75, 3.05) is 6.61 Å². The van der Waals surface area contributed by atoms with Crippen molar-refractivity contribution in [3.63, 3.8) is 0 Å². The second-order valence-electron chi connectivity index (χ2n) is 5.78. The zero-order valence-corrected chi connectivity index (χ0v) is 13.2. The number of hydrogen-bond donors (Lipinski definition) is 1. The molecule has 0 aliphatic rings. The molecule has 0 amide bonds. The molecule has 0 aliphatic carbocycles. The summed E-state index contributed by atoms with van der Waals surface area (Å²) in [5.41, 5.74) is 2.72. The Bertz CT molecular complexity index is 632. The van der Waals surface area contributed by atoms with E-state index in [-0.39, 0.29) is 18.5 Å². The molecule has 1 atom stereocenters. The van der Waals surface area contributed by atoms with Gasteiger partial charge < -0.3 is 9.84 Å². The molecule has 116 valence electrons. The highest BCUT2D eigenvalue weighted by Gasteiger charge is 2.15. The molecule has 0 radical (unpaired) electrons. The van der Waals surface area contributed by atoms with Crippen LogP contribution < -0.4 is 4.74 Å². The van der Waals surface area contributed by atoms with E-state index >= 15 is 0 Å². The van der Waals surface area contributed by atoms with Crippen LogP contribution in [0.2, 0.25) is 0 Å². The number of rotatable bonds is 5. The van der Waals surface area contributed by atoms with Crippen molar-refractivity contribution in [3.05, 3.63) is 65.2 Å². The number of carbonyl (C=O) groups excluding carboxylic acids is 1. The predicted molar refractivity (Wildman–Crippen MR) is 87.4 cm³/mol. The molecule has 0 heterocycles. The van der Waals surface area contributed by atoms with Crippen molar-refractivity contribution in [2.45, 2.75) is 32.6 Å². The molecule has 0 aromatic heterocycles. The van der Waals surface area contributed by atoms with Gasteiger partial charge in [0.15, 0.2) is 0 Å². The lowest BCUT2D eigenvalue weighted by Crippen LogP contribution is -2.10. The first kappa shape index (κ1) is 16.2. The minimum Gasteiger partial charge on any atom is -0.423 e. The van der Waals surface area contributed by atoms with Gasteiger partial charge in [0.05, 0.1) is 5.56 Å². The number of esters is 1. The highest BCUT2D eigenvalue weighted by molar-refractivity contribution is 5.91. The molecule has 1 unspecified atom stereocenters. The third-order valence-corrected chi connectivity index (χ3v) is 3.71. The minimum atomic E-state index is -0.363. The fraction of sp³-hybridized carbons (Fsp3) is 0.316. The molecule has 2 aromatic rings. The fourth-order valence-electron chi connectivity index (χ4n) is 2.40. The van der Waals surface area contributed by atoms with E-state index in [1.807, 2.05) is 37.3 Å². The maximum atomic E-state index is 12.1. The normalized spacial score (nSPS) is 12.2. The van der Waals surface area contributed by atoms with Gasteiger partial charge in [-0.3, -0.25) is 0 Å². The van der Waals surface area contributed by atoms with Crippen LogP contribution in [-0.4, -0.2) is 17.7 Å². The zero-order chi connectivity index (χ0) is 16.1. The highest BCUT2D eigenvalue weighted by atomic mass is 16.5. The molecule has 0 saturated carbocycles. The number of aliphatic hydroxyl groups excluding tert-OH is 1. The number of carbonyl (C=O) groups is 1. The van der Waals surface area contributed by atoms with Crippen LogP contribution in [0.15, 0.2) is 48.5 Å². The van der Waals surface area contributed by atoms with Crippen molar-refractivity contribution >= 4 is 5.97 Å². The average molecular weight is 298 g/mol. The van der Waals surface area contributed by atoms with Crippen LogP contribution in [0.4, 0.5) is 0 Å². The third kappa shape index (κ3) is 3.74. The molecule has 3 heteroatoms. The summed E-state index contributed by atoms with van der Waals surface area (Å²) in [6, 6.07) is 14.6. The molecular weight excluding hydrogens is 276 g/mol. The largest absolute Gasteiger partial charge is 0.423 e. The van der Waals surface area contributed by atoms with E-state index in [1.165, 1.54) is 0 Å². The second kappa shape index (κ2) is 7.23. The number of hydrogen-bond acceptors (Lipinski definition) is 3. The number of aliphatic hydroxyl groups is 1. The van der Waals surface area contributed by atoms with Gasteiger partial charge in [-0.05, 0) is 41.3 Å². The maximum Gasteiger partial charge on any atom is 0.343 e. The smallest absolute Gasteiger partial charge is 0.343 e. The summed E-state index contributed by atoms with van der Waals surface area (Å²) in [5, 5.41) is 9.37. The van der Waals surface area contributed by atoms with E-state index in [0.29, 0.717) is 17.2 Å². The van der Waals surface area contributed by atoms with Crippen molar-refractivity contribution in [2.24, 2.45) is 0 Å². The van der Waals surface area contributed by atoms with E-state index < -0.39 is 0 Å². The van der Waals surface area contributed by atoms with Crippen LogP contribution in [-0.2, 0) is 0 Å². The first-order chi connectivity index (χ1) is 10.5. The molecule has 0 aliphatic heterocycles. The van der Waals surface area contributed by atoms with Gasteiger partial charge in [0.1, 0.15) is 5.75 Å². The minimum absolute atomic E-state index is 0.0660. The van der Waals surface area contributed by atoms with Crippen LogP contribution in [0.1, 0.15) is 54.1 Å². The Morgan fingerprint density at radius 2 is 1.73 bits per heavy atom. The molecule has 0 saturated heterocycles. The van der Waals surface area contributed by atoms with Gasteiger partial charge in [0.2, 0.25) is 0 Å². The van der Waals surface area contributed by atoms with Crippen LogP contribution >= 0.6 is 0 Å². The van der Waals surface area contributed by atoms with Crippen LogP contribution in [0, 0.1) is 0 Å². The predicted octanol–water partition coefficient (Wildman–Crippen LogP) is 4.13. The fourth-order valence-corrected chi connectivity index (χ4v) is 2.40. The van der Waals surface area contributed by atoms with Crippen LogP contribution in [0.3, 0.4) is 0 Å². The van der Waals surface area contributed by atoms with Crippen molar-refractivity contribution in [1.82, 2.24) is 0 Å². The summed E-state index contributed by atoms with van der Waals surface area (Å²) < 4.78 is 5.46. The summed E-state index contributed by atoms with van der Waals surface area (Å²) in [7, 11) is 0. The lowest BCUT2D eigenvalue weighted by atomic mass is 9.90. The summed E-state index contributed by atoms with van der Waals surface area (Å²) in [6.07, 6.45) is 0. The molecular formula is C19H22O3. The van der Waals surface area contributed by atoms with E-state index in [2.05, 4.69) is 13.8 Å². The Kier molecular flexibility index (Phi) is 5.34. The Hall–Kier alpha value is -2.13. The topological polar surface area (TPSA) is 46.5 Å². The number of ether oxygens (including phenoxy) is 1. The molecule has 22 heavy (non-hydrogen) atoms. The lowest BCUT2D eigenvalue weighted by molar-refractivity contribution is 0.0734. The molecule has 3 nitrogen and oxygen atoms in total. The van der Waals surface area contributed by atoms with Crippen LogP contribution in [0.25, 0.3) is 0 Å². The zero-order valence-electron chi connectivity index (χ0n) is 13.2. The monoisotopic (exact) mass is 298 g/mol. The van der Waals surface area contributed by atoms with Crippen molar-refractivity contribution < 1.29 is 14.6 Å². The summed E-state index contributed by atoms with van der Waals surface area (Å²) in [4.78, 5) is 12.1. The lowest BCUT2D eigenvalue weighted by Gasteiger charge is -2.18. The highest BCUT2D eigenvalue weighted by Crippen LogP contribution is 2.30. The Morgan fingerprint density at radius 1 is 1.05 bits per heavy atom. The third-order valence-electron chi connectivity index (χ3n) is 3.71. The molecule has 0 bridgehead atoms. The Balaban J connectivity index is 2.26. The summed E-state index contributed by atoms with van der Waals surface area (Å²) in [6.45, 7) is 6.26. The molecule has 2 aromatic carbocycles. The first-order valence-electron chi connectivity index (χ1n) is 7.54. The second-order valence-corrected chi connectivity index (χ2v) is 5.78. The van der Waals surface area contributed by atoms with Gasteiger partial charge in [-0.2, -0.15) is 0 Å². The quantitative estimate of drug-likeness (QED) is 0.667. The first-order valence-corrected chi connectivity index (χ1v) is 7.54. The van der Waals surface area contributed by atoms with E-state index in [0.717, 1.165) is 11.1 Å². The van der Waals surface area contributed by atoms with Crippen molar-refractivity contribution in [3.8, 4) is 5.75 Å². The van der Waals surface area contributed by atoms with Crippen molar-refractivity contribution in [1.29, 1.82) is 0 Å². The van der Waals surface area contributed by atoms with Gasteiger partial charge in [-0.15, -0.1) is 0 Å². The Labute approximate surface area is 131 Å².